The molecule has 3 rings (SSSR count). The standard InChI is InChI=1S/C18H13F4NO3/c1-9-12-7-10(19)8-13(20)16(12)26-15(9)14(17(21)22)23-18(24)25-11-5-3-2-4-6-11/h2-8,14,17H,1H3,(H,23,24). The molecule has 26 heavy (non-hydrogen) atoms. The zero-order valence-electron chi connectivity index (χ0n) is 13.4. The van der Waals surface area contributed by atoms with Crippen LogP contribution in [0.1, 0.15) is 17.4 Å². The summed E-state index contributed by atoms with van der Waals surface area (Å²) in [7, 11) is 0. The van der Waals surface area contributed by atoms with Crippen molar-refractivity contribution in [3.8, 4) is 5.75 Å². The highest BCUT2D eigenvalue weighted by Gasteiger charge is 2.31. The van der Waals surface area contributed by atoms with E-state index in [0.717, 1.165) is 6.07 Å². The lowest BCUT2D eigenvalue weighted by Crippen LogP contribution is -2.35. The Labute approximate surface area is 145 Å². The number of aryl methyl sites for hydroxylation is 1. The van der Waals surface area contributed by atoms with Crippen LogP contribution in [0, 0.1) is 18.6 Å². The lowest BCUT2D eigenvalue weighted by Gasteiger charge is -2.16. The minimum absolute atomic E-state index is 0.0152. The van der Waals surface area contributed by atoms with E-state index in [9.17, 15) is 22.4 Å². The van der Waals surface area contributed by atoms with Gasteiger partial charge in [-0.25, -0.2) is 22.4 Å². The number of halogens is 4. The Morgan fingerprint density at radius 1 is 1.15 bits per heavy atom. The highest BCUT2D eigenvalue weighted by atomic mass is 19.3. The summed E-state index contributed by atoms with van der Waals surface area (Å²) in [5.41, 5.74) is -0.258. The number of para-hydroxylation sites is 1. The summed E-state index contributed by atoms with van der Waals surface area (Å²) in [6.07, 6.45) is -4.20. The van der Waals surface area contributed by atoms with Crippen molar-refractivity contribution in [1.82, 2.24) is 5.32 Å². The summed E-state index contributed by atoms with van der Waals surface area (Å²) in [5, 5.41) is 2.01. The predicted molar refractivity (Wildman–Crippen MR) is 85.2 cm³/mol. The van der Waals surface area contributed by atoms with Crippen LogP contribution in [0.3, 0.4) is 0 Å². The van der Waals surface area contributed by atoms with Crippen LogP contribution in [0.15, 0.2) is 46.9 Å². The third-order valence-electron chi connectivity index (χ3n) is 3.76. The molecule has 0 aliphatic rings. The van der Waals surface area contributed by atoms with Crippen LogP contribution < -0.4 is 10.1 Å². The van der Waals surface area contributed by atoms with Crippen LogP contribution in [0.4, 0.5) is 22.4 Å². The minimum atomic E-state index is -3.06. The fourth-order valence-electron chi connectivity index (χ4n) is 2.55. The summed E-state index contributed by atoms with van der Waals surface area (Å²) in [5.74, 6) is -2.10. The molecule has 0 bridgehead atoms. The maximum absolute atomic E-state index is 13.8. The first-order chi connectivity index (χ1) is 12.4. The van der Waals surface area contributed by atoms with Gasteiger partial charge in [0.1, 0.15) is 17.3 Å². The lowest BCUT2D eigenvalue weighted by molar-refractivity contribution is 0.0863. The maximum Gasteiger partial charge on any atom is 0.413 e. The van der Waals surface area contributed by atoms with Gasteiger partial charge in [-0.05, 0) is 25.1 Å². The number of hydrogen-bond donors (Lipinski definition) is 1. The van der Waals surface area contributed by atoms with Gasteiger partial charge in [0, 0.05) is 17.0 Å². The molecule has 1 atom stereocenters. The molecule has 0 aliphatic carbocycles. The Kier molecular flexibility index (Phi) is 4.83. The molecular formula is C18H13F4NO3. The normalized spacial score (nSPS) is 12.4. The molecule has 0 spiro atoms. The quantitative estimate of drug-likeness (QED) is 0.652. The number of carbonyl (C=O) groups excluding carboxylic acids is 1. The molecule has 0 fully saturated rings. The molecule has 2 aromatic carbocycles. The van der Waals surface area contributed by atoms with Crippen LogP contribution in [0.5, 0.6) is 5.75 Å². The molecule has 8 heteroatoms. The monoisotopic (exact) mass is 367 g/mol. The molecule has 1 N–H and O–H groups in total. The third kappa shape index (κ3) is 3.49. The zero-order valence-corrected chi connectivity index (χ0v) is 13.4. The number of nitrogens with one attached hydrogen (secondary N) is 1. The third-order valence-corrected chi connectivity index (χ3v) is 3.76. The second-order valence-electron chi connectivity index (χ2n) is 5.51. The van der Waals surface area contributed by atoms with Crippen molar-refractivity contribution in [3.05, 3.63) is 65.4 Å². The van der Waals surface area contributed by atoms with Crippen LogP contribution in [0.2, 0.25) is 0 Å². The maximum atomic E-state index is 13.8. The van der Waals surface area contributed by atoms with E-state index in [1.54, 1.807) is 18.2 Å². The molecule has 0 saturated heterocycles. The van der Waals surface area contributed by atoms with E-state index >= 15 is 0 Å². The average Bonchev–Trinajstić information content (AvgIpc) is 2.90. The topological polar surface area (TPSA) is 51.5 Å². The van der Waals surface area contributed by atoms with Crippen molar-refractivity contribution in [2.45, 2.75) is 19.4 Å². The van der Waals surface area contributed by atoms with Gasteiger partial charge in [0.25, 0.3) is 6.43 Å². The molecule has 3 aromatic rings. The number of fused-ring (bicyclic) bond motifs is 1. The Morgan fingerprint density at radius 2 is 1.85 bits per heavy atom. The Bertz CT molecular complexity index is 941. The highest BCUT2D eigenvalue weighted by Crippen LogP contribution is 2.34. The van der Waals surface area contributed by atoms with E-state index in [-0.39, 0.29) is 28.0 Å². The highest BCUT2D eigenvalue weighted by molar-refractivity contribution is 5.83. The Balaban J connectivity index is 1.91. The number of amides is 1. The molecule has 1 amide bonds. The zero-order chi connectivity index (χ0) is 18.8. The van der Waals surface area contributed by atoms with Crippen molar-refractivity contribution < 1.29 is 31.5 Å². The Morgan fingerprint density at radius 3 is 2.50 bits per heavy atom. The lowest BCUT2D eigenvalue weighted by atomic mass is 10.1. The van der Waals surface area contributed by atoms with E-state index in [1.165, 1.54) is 19.1 Å². The van der Waals surface area contributed by atoms with Crippen LogP contribution in [-0.4, -0.2) is 12.5 Å². The summed E-state index contributed by atoms with van der Waals surface area (Å²) in [6.45, 7) is 1.37. The number of carbonyl (C=O) groups is 1. The molecule has 0 aliphatic heterocycles. The first-order valence-corrected chi connectivity index (χ1v) is 7.56. The number of benzene rings is 2. The fraction of sp³-hybridized carbons (Fsp3) is 0.167. The van der Waals surface area contributed by atoms with Gasteiger partial charge in [-0.2, -0.15) is 0 Å². The molecule has 0 saturated carbocycles. The van der Waals surface area contributed by atoms with Crippen molar-refractivity contribution in [2.75, 3.05) is 0 Å². The van der Waals surface area contributed by atoms with E-state index in [1.807, 2.05) is 5.32 Å². The van der Waals surface area contributed by atoms with Gasteiger partial charge < -0.3 is 14.5 Å². The fourth-order valence-corrected chi connectivity index (χ4v) is 2.55. The number of alkyl halides is 2. The second-order valence-corrected chi connectivity index (χ2v) is 5.51. The van der Waals surface area contributed by atoms with Crippen molar-refractivity contribution in [1.29, 1.82) is 0 Å². The van der Waals surface area contributed by atoms with Crippen LogP contribution >= 0.6 is 0 Å². The van der Waals surface area contributed by atoms with E-state index in [2.05, 4.69) is 0 Å². The SMILES string of the molecule is Cc1c(C(NC(=O)Oc2ccccc2)C(F)F)oc2c(F)cc(F)cc12. The van der Waals surface area contributed by atoms with Crippen LogP contribution in [-0.2, 0) is 0 Å². The molecule has 0 radical (unpaired) electrons. The predicted octanol–water partition coefficient (Wildman–Crippen LogP) is 5.11. The number of furan rings is 1. The van der Waals surface area contributed by atoms with Gasteiger partial charge in [0.15, 0.2) is 17.4 Å². The van der Waals surface area contributed by atoms with Gasteiger partial charge in [-0.3, -0.25) is 0 Å². The van der Waals surface area contributed by atoms with Gasteiger partial charge in [-0.1, -0.05) is 18.2 Å². The van der Waals surface area contributed by atoms with E-state index in [0.29, 0.717) is 6.07 Å². The molecule has 136 valence electrons. The van der Waals surface area contributed by atoms with Crippen molar-refractivity contribution in [2.24, 2.45) is 0 Å². The summed E-state index contributed by atoms with van der Waals surface area (Å²) >= 11 is 0. The van der Waals surface area contributed by atoms with E-state index < -0.39 is 30.2 Å². The van der Waals surface area contributed by atoms with Gasteiger partial charge in [0.05, 0.1) is 0 Å². The molecule has 1 aromatic heterocycles. The first-order valence-electron chi connectivity index (χ1n) is 7.56. The second kappa shape index (κ2) is 7.07. The number of hydrogen-bond acceptors (Lipinski definition) is 3. The summed E-state index contributed by atoms with van der Waals surface area (Å²) in [6, 6.07) is 7.53. The molecule has 1 unspecified atom stereocenters. The molecular weight excluding hydrogens is 354 g/mol. The van der Waals surface area contributed by atoms with Crippen molar-refractivity contribution in [3.63, 3.8) is 0 Å². The smallest absolute Gasteiger partial charge is 0.413 e. The van der Waals surface area contributed by atoms with Crippen molar-refractivity contribution >= 4 is 17.1 Å². The Hall–Kier alpha value is -3.03. The van der Waals surface area contributed by atoms with Gasteiger partial charge in [0.2, 0.25) is 0 Å². The number of ether oxygens (including phenoxy) is 1. The van der Waals surface area contributed by atoms with Crippen LogP contribution in [0.25, 0.3) is 11.0 Å². The largest absolute Gasteiger partial charge is 0.455 e. The van der Waals surface area contributed by atoms with E-state index in [4.69, 9.17) is 9.15 Å². The molecule has 4 nitrogen and oxygen atoms in total. The number of rotatable bonds is 4. The van der Waals surface area contributed by atoms with Gasteiger partial charge in [-0.15, -0.1) is 0 Å². The molecule has 1 heterocycles. The average molecular weight is 367 g/mol. The first kappa shape index (κ1) is 17.8. The summed E-state index contributed by atoms with van der Waals surface area (Å²) in [4.78, 5) is 11.9. The summed E-state index contributed by atoms with van der Waals surface area (Å²) < 4.78 is 64.2. The minimum Gasteiger partial charge on any atom is -0.455 e. The van der Waals surface area contributed by atoms with Gasteiger partial charge >= 0.3 is 6.09 Å².